The van der Waals surface area contributed by atoms with Crippen molar-refractivity contribution in [2.45, 2.75) is 78.7 Å². The minimum Gasteiger partial charge on any atom is -0.476 e. The number of hydrogen-bond acceptors (Lipinski definition) is 8. The molecule has 0 aliphatic carbocycles. The van der Waals surface area contributed by atoms with Crippen molar-refractivity contribution in [1.82, 2.24) is 9.88 Å². The molecule has 1 amide bonds. The zero-order valence-electron chi connectivity index (χ0n) is 22.6. The Labute approximate surface area is 222 Å². The number of esters is 1. The average molecular weight is 535 g/mol. The van der Waals surface area contributed by atoms with Crippen molar-refractivity contribution in [1.29, 1.82) is 0 Å². The Morgan fingerprint density at radius 3 is 2.32 bits per heavy atom. The second-order valence-electron chi connectivity index (χ2n) is 10.2. The van der Waals surface area contributed by atoms with Crippen molar-refractivity contribution in [3.63, 3.8) is 0 Å². The highest BCUT2D eigenvalue weighted by molar-refractivity contribution is 7.12. The zero-order valence-corrected chi connectivity index (χ0v) is 23.5. The number of amides is 1. The van der Waals surface area contributed by atoms with Crippen LogP contribution in [0.4, 0.5) is 4.79 Å². The molecule has 0 aliphatic rings. The lowest BCUT2D eigenvalue weighted by molar-refractivity contribution is -0.147. The van der Waals surface area contributed by atoms with Crippen molar-refractivity contribution in [3.05, 3.63) is 51.5 Å². The van der Waals surface area contributed by atoms with Crippen molar-refractivity contribution in [2.24, 2.45) is 5.92 Å². The molecular weight excluding hydrogens is 496 g/mol. The molecule has 0 fully saturated rings. The standard InChI is InChI=1S/C27H38N2O7S/c1-17(2)20(29(7)26(33)36-27(4,5)6)15-21(35-18(3)30)24-28-23(25(31)32)22(37-24)13-14-34-16-19-11-9-8-10-12-19/h8-12,17,20-21H,13-16H2,1-7H3,(H,31,32)/t20-,21-/m1/s1. The Balaban J connectivity index is 2.22. The van der Waals surface area contributed by atoms with Crippen LogP contribution in [0, 0.1) is 5.92 Å². The Kier molecular flexibility index (Phi) is 11.1. The van der Waals surface area contributed by atoms with Gasteiger partial charge in [-0.1, -0.05) is 44.2 Å². The molecule has 1 aromatic carbocycles. The quantitative estimate of drug-likeness (QED) is 0.281. The van der Waals surface area contributed by atoms with E-state index in [4.69, 9.17) is 14.2 Å². The summed E-state index contributed by atoms with van der Waals surface area (Å²) < 4.78 is 16.8. The lowest BCUT2D eigenvalue weighted by Gasteiger charge is -2.34. The third-order valence-electron chi connectivity index (χ3n) is 5.49. The second kappa shape index (κ2) is 13.5. The number of ether oxygens (including phenoxy) is 3. The van der Waals surface area contributed by atoms with Crippen LogP contribution >= 0.6 is 11.3 Å². The largest absolute Gasteiger partial charge is 0.476 e. The van der Waals surface area contributed by atoms with E-state index in [0.29, 0.717) is 29.5 Å². The van der Waals surface area contributed by atoms with Gasteiger partial charge in [0.1, 0.15) is 10.6 Å². The lowest BCUT2D eigenvalue weighted by atomic mass is 9.96. The number of carboxylic acid groups (broad SMARTS) is 1. The van der Waals surface area contributed by atoms with Crippen molar-refractivity contribution in [2.75, 3.05) is 13.7 Å². The molecule has 0 radical (unpaired) electrons. The molecule has 0 unspecified atom stereocenters. The summed E-state index contributed by atoms with van der Waals surface area (Å²) in [7, 11) is 1.64. The number of benzene rings is 1. The van der Waals surface area contributed by atoms with E-state index in [0.717, 1.165) is 5.56 Å². The van der Waals surface area contributed by atoms with E-state index in [-0.39, 0.29) is 24.1 Å². The zero-order chi connectivity index (χ0) is 27.8. The van der Waals surface area contributed by atoms with E-state index in [1.807, 2.05) is 44.2 Å². The molecule has 10 heteroatoms. The number of carboxylic acids is 1. The van der Waals surface area contributed by atoms with Gasteiger partial charge in [0.2, 0.25) is 0 Å². The van der Waals surface area contributed by atoms with Gasteiger partial charge >= 0.3 is 18.0 Å². The van der Waals surface area contributed by atoms with Crippen LogP contribution in [-0.2, 0) is 32.0 Å². The monoisotopic (exact) mass is 534 g/mol. The molecule has 9 nitrogen and oxygen atoms in total. The minimum absolute atomic E-state index is 0.000315. The Morgan fingerprint density at radius 1 is 1.14 bits per heavy atom. The van der Waals surface area contributed by atoms with Crippen LogP contribution in [-0.4, -0.2) is 58.3 Å². The third kappa shape index (κ3) is 9.77. The van der Waals surface area contributed by atoms with E-state index in [2.05, 4.69) is 4.98 Å². The fourth-order valence-electron chi connectivity index (χ4n) is 3.74. The van der Waals surface area contributed by atoms with Gasteiger partial charge in [-0.05, 0) is 32.3 Å². The Bertz CT molecular complexity index is 1050. The predicted octanol–water partition coefficient (Wildman–Crippen LogP) is 5.49. The summed E-state index contributed by atoms with van der Waals surface area (Å²) in [5, 5.41) is 10.1. The molecule has 0 aliphatic heterocycles. The summed E-state index contributed by atoms with van der Waals surface area (Å²) in [6, 6.07) is 9.34. The van der Waals surface area contributed by atoms with Crippen molar-refractivity contribution >= 4 is 29.4 Å². The number of aromatic nitrogens is 1. The fraction of sp³-hybridized carbons (Fsp3) is 0.556. The number of rotatable bonds is 12. The first-order chi connectivity index (χ1) is 17.3. The van der Waals surface area contributed by atoms with Crippen molar-refractivity contribution < 1.29 is 33.7 Å². The number of aromatic carboxylic acids is 1. The first kappa shape index (κ1) is 30.2. The molecule has 2 rings (SSSR count). The molecule has 204 valence electrons. The summed E-state index contributed by atoms with van der Waals surface area (Å²) in [6.45, 7) is 11.3. The topological polar surface area (TPSA) is 115 Å². The van der Waals surface area contributed by atoms with E-state index < -0.39 is 29.7 Å². The fourth-order valence-corrected chi connectivity index (χ4v) is 4.82. The second-order valence-corrected chi connectivity index (χ2v) is 11.3. The van der Waals surface area contributed by atoms with E-state index in [9.17, 15) is 19.5 Å². The summed E-state index contributed by atoms with van der Waals surface area (Å²) in [6.07, 6.45) is -0.723. The molecule has 37 heavy (non-hydrogen) atoms. The smallest absolute Gasteiger partial charge is 0.410 e. The van der Waals surface area contributed by atoms with Gasteiger partial charge in [-0.25, -0.2) is 14.6 Å². The third-order valence-corrected chi connectivity index (χ3v) is 6.70. The first-order valence-electron chi connectivity index (χ1n) is 12.3. The number of nitrogens with zero attached hydrogens (tertiary/aromatic N) is 2. The molecule has 0 saturated carbocycles. The molecule has 0 spiro atoms. The number of carbonyl (C=O) groups excluding carboxylic acids is 2. The lowest BCUT2D eigenvalue weighted by Crippen LogP contribution is -2.44. The highest BCUT2D eigenvalue weighted by Gasteiger charge is 2.33. The van der Waals surface area contributed by atoms with E-state index in [1.165, 1.54) is 23.2 Å². The van der Waals surface area contributed by atoms with Crippen LogP contribution in [0.3, 0.4) is 0 Å². The van der Waals surface area contributed by atoms with Crippen LogP contribution in [0.5, 0.6) is 0 Å². The molecule has 0 saturated heterocycles. The SMILES string of the molecule is CC(=O)O[C@H](C[C@H](C(C)C)N(C)C(=O)OC(C)(C)C)c1nc(C(=O)O)c(CCOCc2ccccc2)s1. The minimum atomic E-state index is -1.16. The number of carbonyl (C=O) groups is 3. The van der Waals surface area contributed by atoms with Crippen LogP contribution in [0.15, 0.2) is 30.3 Å². The molecule has 0 bridgehead atoms. The molecule has 2 atom stereocenters. The van der Waals surface area contributed by atoms with Crippen LogP contribution in [0.1, 0.15) is 80.0 Å². The molecule has 2 aromatic rings. The van der Waals surface area contributed by atoms with Gasteiger partial charge in [-0.15, -0.1) is 11.3 Å². The number of thiazole rings is 1. The van der Waals surface area contributed by atoms with Gasteiger partial charge in [-0.2, -0.15) is 0 Å². The van der Waals surface area contributed by atoms with Gasteiger partial charge in [0.15, 0.2) is 11.8 Å². The molecule has 1 aromatic heterocycles. The van der Waals surface area contributed by atoms with Gasteiger partial charge in [-0.3, -0.25) is 4.79 Å². The molecule has 1 heterocycles. The predicted molar refractivity (Wildman–Crippen MR) is 141 cm³/mol. The van der Waals surface area contributed by atoms with Gasteiger partial charge in [0, 0.05) is 37.7 Å². The maximum Gasteiger partial charge on any atom is 0.410 e. The molecular formula is C27H38N2O7S. The summed E-state index contributed by atoms with van der Waals surface area (Å²) in [5.41, 5.74) is 0.280. The van der Waals surface area contributed by atoms with Gasteiger partial charge in [0.25, 0.3) is 0 Å². The van der Waals surface area contributed by atoms with Crippen LogP contribution < -0.4 is 0 Å². The van der Waals surface area contributed by atoms with Gasteiger partial charge in [0.05, 0.1) is 13.2 Å². The summed E-state index contributed by atoms with van der Waals surface area (Å²) >= 11 is 1.18. The maximum atomic E-state index is 12.7. The van der Waals surface area contributed by atoms with E-state index in [1.54, 1.807) is 27.8 Å². The maximum absolute atomic E-state index is 12.7. The average Bonchev–Trinajstić information content (AvgIpc) is 3.22. The molecule has 1 N–H and O–H groups in total. The Morgan fingerprint density at radius 2 is 1.78 bits per heavy atom. The van der Waals surface area contributed by atoms with Crippen LogP contribution in [0.2, 0.25) is 0 Å². The highest BCUT2D eigenvalue weighted by atomic mass is 32.1. The van der Waals surface area contributed by atoms with Gasteiger partial charge < -0.3 is 24.2 Å². The van der Waals surface area contributed by atoms with Crippen molar-refractivity contribution in [3.8, 4) is 0 Å². The van der Waals surface area contributed by atoms with E-state index >= 15 is 0 Å². The Hall–Kier alpha value is -2.98. The normalized spacial score (nSPS) is 13.2. The van der Waals surface area contributed by atoms with Crippen LogP contribution in [0.25, 0.3) is 0 Å². The highest BCUT2D eigenvalue weighted by Crippen LogP contribution is 2.33. The summed E-state index contributed by atoms with van der Waals surface area (Å²) in [5.74, 6) is -1.68. The summed E-state index contributed by atoms with van der Waals surface area (Å²) in [4.78, 5) is 43.0. The number of hydrogen-bond donors (Lipinski definition) is 1. The first-order valence-corrected chi connectivity index (χ1v) is 13.1.